The van der Waals surface area contributed by atoms with Crippen molar-refractivity contribution in [3.8, 4) is 0 Å². The molecule has 0 aromatic heterocycles. The number of hydrogen-bond donors (Lipinski definition) is 0. The van der Waals surface area contributed by atoms with Crippen LogP contribution >= 0.6 is 0 Å². The molecular formula is C81H108O19Si2. The molecule has 554 valence electrons. The largest absolute Gasteiger partial charge is 0.456 e. The van der Waals surface area contributed by atoms with Gasteiger partial charge in [0, 0.05) is 59.3 Å². The maximum absolute atomic E-state index is 15.3. The zero-order chi connectivity index (χ0) is 73.1. The highest BCUT2D eigenvalue weighted by Gasteiger charge is 2.71. The Hall–Kier alpha value is -5.99. The summed E-state index contributed by atoms with van der Waals surface area (Å²) >= 11 is 0. The van der Waals surface area contributed by atoms with Gasteiger partial charge in [0.2, 0.25) is 0 Å². The molecule has 0 radical (unpaired) electrons. The third kappa shape index (κ3) is 14.2. The van der Waals surface area contributed by atoms with Crippen molar-refractivity contribution in [3.63, 3.8) is 0 Å². The first kappa shape index (κ1) is 75.7. The molecule has 102 heavy (non-hydrogen) atoms. The summed E-state index contributed by atoms with van der Waals surface area (Å²) in [7, 11) is -6.92. The normalized spacial score (nSPS) is 36.1. The third-order valence-electron chi connectivity index (χ3n) is 24.6. The van der Waals surface area contributed by atoms with Crippen molar-refractivity contribution in [2.75, 3.05) is 19.8 Å². The number of ether oxygens (including phenoxy) is 11. The van der Waals surface area contributed by atoms with Crippen LogP contribution in [0, 0.1) is 52.3 Å². The molecule has 4 aliphatic heterocycles. The fraction of sp³-hybridized carbons (Fsp3) is 0.630. The molecule has 8 fully saturated rings. The smallest absolute Gasteiger partial charge is 0.303 e. The van der Waals surface area contributed by atoms with E-state index in [0.29, 0.717) is 49.9 Å². The first-order valence-corrected chi connectivity index (χ1v) is 41.0. The molecule has 22 atom stereocenters. The number of ketones is 1. The second-order valence-electron chi connectivity index (χ2n) is 33.2. The van der Waals surface area contributed by atoms with Gasteiger partial charge < -0.3 is 61.0 Å². The second-order valence-corrected chi connectivity index (χ2v) is 41.8. The molecule has 2 unspecified atom stereocenters. The lowest BCUT2D eigenvalue weighted by Gasteiger charge is -2.60. The van der Waals surface area contributed by atoms with E-state index in [9.17, 15) is 24.0 Å². The van der Waals surface area contributed by atoms with Crippen molar-refractivity contribution < 1.29 is 89.7 Å². The Morgan fingerprint density at radius 3 is 1.38 bits per heavy atom. The molecule has 19 nitrogen and oxygen atoms in total. The van der Waals surface area contributed by atoms with Crippen LogP contribution in [0.3, 0.4) is 0 Å². The highest BCUT2D eigenvalue weighted by atomic mass is 28.4. The van der Waals surface area contributed by atoms with Crippen LogP contribution in [0.4, 0.5) is 0 Å². The van der Waals surface area contributed by atoms with E-state index in [1.807, 2.05) is 97.1 Å². The second kappa shape index (κ2) is 29.7. The minimum Gasteiger partial charge on any atom is -0.456 e. The van der Waals surface area contributed by atoms with Crippen molar-refractivity contribution >= 4 is 73.0 Å². The lowest BCUT2D eigenvalue weighted by molar-refractivity contribution is -0.364. The quantitative estimate of drug-likeness (QED) is 0.0368. The molecule has 4 aromatic rings. The molecule has 21 heteroatoms. The first-order chi connectivity index (χ1) is 48.3. The Morgan fingerprint density at radius 1 is 0.510 bits per heavy atom. The average Bonchev–Trinajstić information content (AvgIpc) is 1.48. The maximum Gasteiger partial charge on any atom is 0.303 e. The molecule has 8 aliphatic rings. The Balaban J connectivity index is 0.912. The molecule has 12 rings (SSSR count). The van der Waals surface area contributed by atoms with E-state index in [0.717, 1.165) is 52.9 Å². The molecule has 4 aliphatic carbocycles. The van der Waals surface area contributed by atoms with Gasteiger partial charge in [-0.15, -0.1) is 0 Å². The van der Waals surface area contributed by atoms with E-state index in [2.05, 4.69) is 93.5 Å². The van der Waals surface area contributed by atoms with Gasteiger partial charge in [0.15, 0.2) is 48.9 Å². The number of Topliss-reactive ketones (excluding diaryl/α,β-unsaturated/α-hetero) is 1. The number of esters is 5. The van der Waals surface area contributed by atoms with Gasteiger partial charge in [-0.3, -0.25) is 28.8 Å². The minimum absolute atomic E-state index is 0.0460. The van der Waals surface area contributed by atoms with Gasteiger partial charge in [0.1, 0.15) is 24.1 Å². The van der Waals surface area contributed by atoms with Gasteiger partial charge in [0.05, 0.1) is 32.0 Å². The number of benzene rings is 4. The molecule has 4 heterocycles. The Morgan fingerprint density at radius 2 is 0.941 bits per heavy atom. The standard InChI is InChI=1S/C81H108O19Si2/c1-48-38-41-81(88-45-48)49(2)67-64(100-81)43-62-61-37-36-55-42-56(39-40-79(55,14)68(61)63(87)44-80(62,67)15)96-75-73(94-53(6)85)72(93-52(5)84)70(66(97-75)47-90-102(78(11,12)13,59-32-24-18-25-33-59)60-34-26-19-27-35-60)99-76-74(95-54(7)86)71(92-51(4)83)69(91-50(3)82)65(98-76)46-89-101(77(8,9)10,57-28-20-16-21-29-57)58-30-22-17-23-31-58/h16-35,48-49,55-56,61-62,64-76H,36-47H2,1-15H3/t48-,49+,55+,56+,61+,62+,64?,65-,66-,67?,68-,69-,70-,71+,72+,73-,74-,75-,76+,79+,80+,81-/m1/s1. The van der Waals surface area contributed by atoms with Crippen LogP contribution in [-0.2, 0) is 89.7 Å². The predicted octanol–water partition coefficient (Wildman–Crippen LogP) is 10.6. The van der Waals surface area contributed by atoms with Gasteiger partial charge >= 0.3 is 29.8 Å². The van der Waals surface area contributed by atoms with E-state index >= 15 is 4.79 Å². The summed E-state index contributed by atoms with van der Waals surface area (Å²) < 4.78 is 89.3. The van der Waals surface area contributed by atoms with Crippen LogP contribution in [-0.4, -0.2) is 151 Å². The van der Waals surface area contributed by atoms with Crippen molar-refractivity contribution in [2.24, 2.45) is 52.3 Å². The molecule has 0 bridgehead atoms. The van der Waals surface area contributed by atoms with Gasteiger partial charge in [-0.2, -0.15) is 0 Å². The van der Waals surface area contributed by atoms with E-state index < -0.39 is 130 Å². The summed E-state index contributed by atoms with van der Waals surface area (Å²) in [6.45, 7) is 28.2. The number of hydrogen-bond acceptors (Lipinski definition) is 19. The van der Waals surface area contributed by atoms with Crippen molar-refractivity contribution in [3.05, 3.63) is 121 Å². The van der Waals surface area contributed by atoms with Crippen LogP contribution in [0.1, 0.15) is 162 Å². The lowest BCUT2D eigenvalue weighted by atomic mass is 9.44. The van der Waals surface area contributed by atoms with Gasteiger partial charge in [-0.05, 0) is 116 Å². The number of carbonyl (C=O) groups is 6. The summed E-state index contributed by atoms with van der Waals surface area (Å²) in [5.41, 5.74) is -0.533. The average molecular weight is 1440 g/mol. The fourth-order valence-corrected chi connectivity index (χ4v) is 29.6. The van der Waals surface area contributed by atoms with E-state index in [-0.39, 0.29) is 59.7 Å². The van der Waals surface area contributed by atoms with Crippen molar-refractivity contribution in [1.82, 2.24) is 0 Å². The topological polar surface area (TPSA) is 222 Å². The van der Waals surface area contributed by atoms with Crippen molar-refractivity contribution in [2.45, 2.75) is 251 Å². The van der Waals surface area contributed by atoms with Crippen LogP contribution in [0.15, 0.2) is 121 Å². The molecule has 4 aromatic carbocycles. The molecule has 4 saturated carbocycles. The minimum atomic E-state index is -3.49. The zero-order valence-electron chi connectivity index (χ0n) is 62.3. The molecule has 0 N–H and O–H groups in total. The summed E-state index contributed by atoms with van der Waals surface area (Å²) in [6.07, 6.45) is -8.66. The molecular weight excluding hydrogens is 1330 g/mol. The third-order valence-corrected chi connectivity index (χ3v) is 34.6. The predicted molar refractivity (Wildman–Crippen MR) is 384 cm³/mol. The molecule has 1 spiro atoms. The summed E-state index contributed by atoms with van der Waals surface area (Å²) in [6, 6.07) is 39.9. The number of fused-ring (bicyclic) bond motifs is 7. The summed E-state index contributed by atoms with van der Waals surface area (Å²) in [4.78, 5) is 84.0. The first-order valence-electron chi connectivity index (χ1n) is 37.2. The van der Waals surface area contributed by atoms with Crippen molar-refractivity contribution in [1.29, 1.82) is 0 Å². The Kier molecular flexibility index (Phi) is 22.1. The van der Waals surface area contributed by atoms with Gasteiger partial charge in [-0.1, -0.05) is 191 Å². The maximum atomic E-state index is 15.3. The monoisotopic (exact) mass is 1440 g/mol. The highest BCUT2D eigenvalue weighted by Crippen LogP contribution is 2.71. The van der Waals surface area contributed by atoms with E-state index in [4.69, 9.17) is 61.0 Å². The fourth-order valence-electron chi connectivity index (χ4n) is 20.5. The lowest BCUT2D eigenvalue weighted by Crippen LogP contribution is -2.70. The Bertz CT molecular complexity index is 3540. The van der Waals surface area contributed by atoms with Crippen LogP contribution in [0.2, 0.25) is 10.1 Å². The summed E-state index contributed by atoms with van der Waals surface area (Å²) in [5, 5.41) is 2.64. The molecule has 4 saturated heterocycles. The molecule has 0 amide bonds. The van der Waals surface area contributed by atoms with E-state index in [1.165, 1.54) is 34.6 Å². The van der Waals surface area contributed by atoms with Crippen LogP contribution in [0.25, 0.3) is 0 Å². The summed E-state index contributed by atoms with van der Waals surface area (Å²) in [5.74, 6) is -2.77. The van der Waals surface area contributed by atoms with Crippen LogP contribution < -0.4 is 20.7 Å². The number of rotatable bonds is 19. The Labute approximate surface area is 604 Å². The SMILES string of the molecule is CC(=O)O[C@@H]1[C@@H](OC(C)=O)[C@H](O[C@H]2[C@H](OC(C)=O)[C@@H](OC(C)=O)[C@H](O[C@H]3CC[C@@]4(C)[C@@H](CC[C@@H]5[C@@H]4C(=O)C[C@]4(C)C6C(C[C@@H]54)O[C@]4(CC[C@@H](C)CO4)[C@H]6C)C3)O[C@@H]2CO[Si](c2ccccc2)(c2ccccc2)C(C)(C)C)O[C@H](CO[Si](c2ccccc2)(c2ccccc2)C(C)(C)C)[C@H]1OC(C)=O. The van der Waals surface area contributed by atoms with Gasteiger partial charge in [0.25, 0.3) is 16.6 Å². The number of carbonyl (C=O) groups excluding carboxylic acids is 6. The zero-order valence-corrected chi connectivity index (χ0v) is 64.3. The van der Waals surface area contributed by atoms with Crippen LogP contribution in [0.5, 0.6) is 0 Å². The highest BCUT2D eigenvalue weighted by molar-refractivity contribution is 7.00. The van der Waals surface area contributed by atoms with Gasteiger partial charge in [-0.25, -0.2) is 0 Å². The van der Waals surface area contributed by atoms with E-state index in [1.54, 1.807) is 0 Å².